The minimum atomic E-state index is -2.71. The van der Waals surface area contributed by atoms with Crippen LogP contribution in [0.15, 0.2) is 18.2 Å². The SMILES string of the molecule is Cc1ccc(C)c(C(F)(F)CC2CCCNC2)c1. The molecule has 0 aliphatic carbocycles. The number of aryl methyl sites for hydroxylation is 2. The van der Waals surface area contributed by atoms with E-state index in [1.54, 1.807) is 19.1 Å². The average molecular weight is 253 g/mol. The molecule has 1 saturated heterocycles. The van der Waals surface area contributed by atoms with Gasteiger partial charge in [0.05, 0.1) is 0 Å². The highest BCUT2D eigenvalue weighted by Gasteiger charge is 2.36. The van der Waals surface area contributed by atoms with Gasteiger partial charge < -0.3 is 5.32 Å². The molecule has 0 amide bonds. The Morgan fingerprint density at radius 1 is 1.33 bits per heavy atom. The molecule has 0 saturated carbocycles. The summed E-state index contributed by atoms with van der Waals surface area (Å²) in [5.74, 6) is -2.62. The Kier molecular flexibility index (Phi) is 4.00. The van der Waals surface area contributed by atoms with Crippen molar-refractivity contribution in [2.45, 2.75) is 39.0 Å². The maximum atomic E-state index is 14.4. The summed E-state index contributed by atoms with van der Waals surface area (Å²) < 4.78 is 28.7. The number of hydrogen-bond donors (Lipinski definition) is 1. The predicted octanol–water partition coefficient (Wildman–Crippen LogP) is 3.78. The van der Waals surface area contributed by atoms with Crippen LogP contribution in [0.1, 0.15) is 36.0 Å². The minimum Gasteiger partial charge on any atom is -0.316 e. The van der Waals surface area contributed by atoms with E-state index in [0.717, 1.165) is 31.5 Å². The molecule has 1 aromatic carbocycles. The molecule has 100 valence electrons. The Hall–Kier alpha value is -0.960. The first-order chi connectivity index (χ1) is 8.49. The second-order valence-electron chi connectivity index (χ2n) is 5.44. The third kappa shape index (κ3) is 3.08. The van der Waals surface area contributed by atoms with Crippen molar-refractivity contribution >= 4 is 0 Å². The third-order valence-corrected chi connectivity index (χ3v) is 3.73. The second-order valence-corrected chi connectivity index (χ2v) is 5.44. The second kappa shape index (κ2) is 5.35. The van der Waals surface area contributed by atoms with E-state index in [2.05, 4.69) is 5.32 Å². The summed E-state index contributed by atoms with van der Waals surface area (Å²) in [6, 6.07) is 5.31. The normalized spacial score (nSPS) is 21.0. The molecule has 0 bridgehead atoms. The lowest BCUT2D eigenvalue weighted by Crippen LogP contribution is -2.33. The first-order valence-electron chi connectivity index (χ1n) is 6.65. The highest BCUT2D eigenvalue weighted by atomic mass is 19.3. The quantitative estimate of drug-likeness (QED) is 0.864. The lowest BCUT2D eigenvalue weighted by Gasteiger charge is -2.28. The fourth-order valence-corrected chi connectivity index (χ4v) is 2.70. The molecular formula is C15H21F2N. The van der Waals surface area contributed by atoms with Crippen molar-refractivity contribution in [3.8, 4) is 0 Å². The van der Waals surface area contributed by atoms with Gasteiger partial charge in [-0.15, -0.1) is 0 Å². The van der Waals surface area contributed by atoms with Crippen LogP contribution in [0.25, 0.3) is 0 Å². The molecular weight excluding hydrogens is 232 g/mol. The molecule has 0 spiro atoms. The lowest BCUT2D eigenvalue weighted by molar-refractivity contribution is -0.0323. The summed E-state index contributed by atoms with van der Waals surface area (Å²) in [4.78, 5) is 0. The summed E-state index contributed by atoms with van der Waals surface area (Å²) in [6.07, 6.45) is 1.88. The number of hydrogen-bond acceptors (Lipinski definition) is 1. The summed E-state index contributed by atoms with van der Waals surface area (Å²) in [6.45, 7) is 5.31. The first kappa shape index (κ1) is 13.5. The van der Waals surface area contributed by atoms with Crippen LogP contribution in [0.3, 0.4) is 0 Å². The van der Waals surface area contributed by atoms with Gasteiger partial charge in [-0.25, -0.2) is 8.78 Å². The maximum Gasteiger partial charge on any atom is 0.273 e. The van der Waals surface area contributed by atoms with Gasteiger partial charge in [0.15, 0.2) is 0 Å². The molecule has 1 heterocycles. The zero-order valence-corrected chi connectivity index (χ0v) is 11.1. The van der Waals surface area contributed by atoms with Crippen LogP contribution in [0, 0.1) is 19.8 Å². The van der Waals surface area contributed by atoms with E-state index in [0.29, 0.717) is 5.56 Å². The summed E-state index contributed by atoms with van der Waals surface area (Å²) in [5.41, 5.74) is 1.79. The van der Waals surface area contributed by atoms with E-state index in [9.17, 15) is 8.78 Å². The third-order valence-electron chi connectivity index (χ3n) is 3.73. The fourth-order valence-electron chi connectivity index (χ4n) is 2.70. The highest BCUT2D eigenvalue weighted by Crippen LogP contribution is 2.38. The molecule has 0 radical (unpaired) electrons. The van der Waals surface area contributed by atoms with E-state index in [1.807, 2.05) is 13.0 Å². The first-order valence-corrected chi connectivity index (χ1v) is 6.65. The van der Waals surface area contributed by atoms with Gasteiger partial charge >= 0.3 is 0 Å². The van der Waals surface area contributed by atoms with Crippen LogP contribution >= 0.6 is 0 Å². The Labute approximate surface area is 108 Å². The van der Waals surface area contributed by atoms with Gasteiger partial charge in [-0.05, 0) is 57.3 Å². The van der Waals surface area contributed by atoms with Crippen LogP contribution in [0.5, 0.6) is 0 Å². The summed E-state index contributed by atoms with van der Waals surface area (Å²) in [5, 5.41) is 3.20. The molecule has 1 N–H and O–H groups in total. The number of benzene rings is 1. The van der Waals surface area contributed by atoms with E-state index >= 15 is 0 Å². The van der Waals surface area contributed by atoms with Crippen molar-refractivity contribution in [1.82, 2.24) is 5.32 Å². The topological polar surface area (TPSA) is 12.0 Å². The van der Waals surface area contributed by atoms with Crippen molar-refractivity contribution in [1.29, 1.82) is 0 Å². The summed E-state index contributed by atoms with van der Waals surface area (Å²) >= 11 is 0. The van der Waals surface area contributed by atoms with Crippen molar-refractivity contribution in [2.24, 2.45) is 5.92 Å². The van der Waals surface area contributed by atoms with E-state index in [-0.39, 0.29) is 17.9 Å². The monoisotopic (exact) mass is 253 g/mol. The largest absolute Gasteiger partial charge is 0.316 e. The lowest BCUT2D eigenvalue weighted by atomic mass is 9.88. The molecule has 1 aliphatic rings. The van der Waals surface area contributed by atoms with Crippen molar-refractivity contribution in [3.63, 3.8) is 0 Å². The molecule has 3 heteroatoms. The summed E-state index contributed by atoms with van der Waals surface area (Å²) in [7, 11) is 0. The number of nitrogens with one attached hydrogen (secondary N) is 1. The number of rotatable bonds is 3. The van der Waals surface area contributed by atoms with Gasteiger partial charge in [-0.2, -0.15) is 0 Å². The van der Waals surface area contributed by atoms with Gasteiger partial charge in [-0.1, -0.05) is 17.7 Å². The van der Waals surface area contributed by atoms with E-state index in [4.69, 9.17) is 0 Å². The smallest absolute Gasteiger partial charge is 0.273 e. The molecule has 1 aromatic rings. The molecule has 1 atom stereocenters. The van der Waals surface area contributed by atoms with Crippen LogP contribution in [-0.4, -0.2) is 13.1 Å². The Morgan fingerprint density at radius 2 is 2.11 bits per heavy atom. The molecule has 1 nitrogen and oxygen atoms in total. The molecule has 1 unspecified atom stereocenters. The highest BCUT2D eigenvalue weighted by molar-refractivity contribution is 5.33. The van der Waals surface area contributed by atoms with Gasteiger partial charge in [-0.3, -0.25) is 0 Å². The molecule has 2 rings (SSSR count). The minimum absolute atomic E-state index is 0.0374. The van der Waals surface area contributed by atoms with E-state index < -0.39 is 5.92 Å². The number of halogens is 2. The molecule has 18 heavy (non-hydrogen) atoms. The predicted molar refractivity (Wildman–Crippen MR) is 70.0 cm³/mol. The van der Waals surface area contributed by atoms with Gasteiger partial charge in [0.25, 0.3) is 5.92 Å². The molecule has 1 aliphatic heterocycles. The number of alkyl halides is 2. The van der Waals surface area contributed by atoms with Crippen molar-refractivity contribution in [2.75, 3.05) is 13.1 Å². The molecule has 1 fully saturated rings. The fraction of sp³-hybridized carbons (Fsp3) is 0.600. The maximum absolute atomic E-state index is 14.4. The van der Waals surface area contributed by atoms with Crippen molar-refractivity contribution < 1.29 is 8.78 Å². The molecule has 0 aromatic heterocycles. The van der Waals surface area contributed by atoms with Gasteiger partial charge in [0.1, 0.15) is 0 Å². The van der Waals surface area contributed by atoms with Crippen LogP contribution in [0.4, 0.5) is 8.78 Å². The standard InChI is InChI=1S/C15H21F2N/c1-11-5-6-12(2)14(8-11)15(16,17)9-13-4-3-7-18-10-13/h5-6,8,13,18H,3-4,7,9-10H2,1-2H3. The zero-order valence-electron chi connectivity index (χ0n) is 11.1. The van der Waals surface area contributed by atoms with Crippen LogP contribution in [0.2, 0.25) is 0 Å². The van der Waals surface area contributed by atoms with Gasteiger partial charge in [0.2, 0.25) is 0 Å². The van der Waals surface area contributed by atoms with Gasteiger partial charge in [0, 0.05) is 12.0 Å². The number of piperidine rings is 1. The Bertz CT molecular complexity index is 409. The average Bonchev–Trinajstić information content (AvgIpc) is 2.33. The van der Waals surface area contributed by atoms with Crippen LogP contribution < -0.4 is 5.32 Å². The van der Waals surface area contributed by atoms with Crippen molar-refractivity contribution in [3.05, 3.63) is 34.9 Å². The van der Waals surface area contributed by atoms with E-state index in [1.165, 1.54) is 0 Å². The Morgan fingerprint density at radius 3 is 2.78 bits per heavy atom. The zero-order chi connectivity index (χ0) is 13.2. The Balaban J connectivity index is 2.15. The van der Waals surface area contributed by atoms with Crippen LogP contribution in [-0.2, 0) is 5.92 Å².